The van der Waals surface area contributed by atoms with Crippen molar-refractivity contribution in [2.45, 2.75) is 38.6 Å². The summed E-state index contributed by atoms with van der Waals surface area (Å²) in [5, 5.41) is 0. The number of rotatable bonds is 4. The summed E-state index contributed by atoms with van der Waals surface area (Å²) >= 11 is 0. The number of hydrogen-bond acceptors (Lipinski definition) is 4. The fourth-order valence-corrected chi connectivity index (χ4v) is 3.42. The fourth-order valence-electron chi connectivity index (χ4n) is 3.42. The number of piperidine rings is 1. The first-order valence-corrected chi connectivity index (χ1v) is 9.11. The highest BCUT2D eigenvalue weighted by Crippen LogP contribution is 2.36. The lowest BCUT2D eigenvalue weighted by atomic mass is 9.93. The van der Waals surface area contributed by atoms with Crippen LogP contribution >= 0.6 is 0 Å². The van der Waals surface area contributed by atoms with E-state index in [4.69, 9.17) is 4.98 Å². The van der Waals surface area contributed by atoms with E-state index in [2.05, 4.69) is 4.98 Å². The van der Waals surface area contributed by atoms with Crippen molar-refractivity contribution in [1.29, 1.82) is 0 Å². The van der Waals surface area contributed by atoms with Gasteiger partial charge in [0.25, 0.3) is 0 Å². The molecular weight excluding hydrogens is 331 g/mol. The third-order valence-electron chi connectivity index (χ3n) is 4.80. The Hall–Kier alpha value is -2.50. The second kappa shape index (κ2) is 7.81. The van der Waals surface area contributed by atoms with Crippen molar-refractivity contribution in [1.82, 2.24) is 14.9 Å². The summed E-state index contributed by atoms with van der Waals surface area (Å²) < 4.78 is 13.4. The highest BCUT2D eigenvalue weighted by molar-refractivity contribution is 5.77. The molecule has 0 N–H and O–H groups in total. The van der Waals surface area contributed by atoms with Gasteiger partial charge < -0.3 is 9.80 Å². The topological polar surface area (TPSA) is 49.3 Å². The maximum atomic E-state index is 13.4. The predicted molar refractivity (Wildman–Crippen MR) is 100 cm³/mol. The number of benzene rings is 1. The summed E-state index contributed by atoms with van der Waals surface area (Å²) in [4.78, 5) is 25.5. The number of anilines is 1. The number of aromatic nitrogens is 2. The Kier molecular flexibility index (Phi) is 5.49. The highest BCUT2D eigenvalue weighted by Gasteiger charge is 2.30. The number of amides is 1. The minimum Gasteiger partial charge on any atom is -0.347 e. The molecule has 0 radical (unpaired) electrons. The molecule has 0 bridgehead atoms. The molecule has 1 saturated heterocycles. The minimum atomic E-state index is -0.276. The average Bonchev–Trinajstić information content (AvgIpc) is 2.67. The predicted octanol–water partition coefficient (Wildman–Crippen LogP) is 3.81. The SMILES string of the molecule is CCC(=O)N1CCCCC1c1nc(N(C)C)ncc1-c1ccc(F)cc1. The quantitative estimate of drug-likeness (QED) is 0.836. The molecule has 2 heterocycles. The largest absolute Gasteiger partial charge is 0.347 e. The van der Waals surface area contributed by atoms with Crippen LogP contribution in [-0.4, -0.2) is 41.4 Å². The van der Waals surface area contributed by atoms with E-state index in [9.17, 15) is 9.18 Å². The van der Waals surface area contributed by atoms with Crippen LogP contribution in [0.4, 0.5) is 10.3 Å². The minimum absolute atomic E-state index is 0.0713. The molecule has 0 saturated carbocycles. The number of hydrogen-bond donors (Lipinski definition) is 0. The number of likely N-dealkylation sites (tertiary alicyclic amines) is 1. The van der Waals surface area contributed by atoms with Gasteiger partial charge in [0.05, 0.1) is 11.7 Å². The van der Waals surface area contributed by atoms with E-state index in [0.717, 1.165) is 42.6 Å². The summed E-state index contributed by atoms with van der Waals surface area (Å²) in [6, 6.07) is 6.28. The first-order chi connectivity index (χ1) is 12.5. The van der Waals surface area contributed by atoms with Crippen LogP contribution in [0.15, 0.2) is 30.5 Å². The Morgan fingerprint density at radius 2 is 2.00 bits per heavy atom. The summed E-state index contributed by atoms with van der Waals surface area (Å²) in [6.07, 6.45) is 5.22. The molecular formula is C20H25FN4O. The molecule has 5 nitrogen and oxygen atoms in total. The monoisotopic (exact) mass is 356 g/mol. The van der Waals surface area contributed by atoms with E-state index in [1.807, 2.05) is 30.8 Å². The molecule has 26 heavy (non-hydrogen) atoms. The van der Waals surface area contributed by atoms with Crippen molar-refractivity contribution in [3.63, 3.8) is 0 Å². The third-order valence-corrected chi connectivity index (χ3v) is 4.80. The van der Waals surface area contributed by atoms with Crippen molar-refractivity contribution in [3.8, 4) is 11.1 Å². The van der Waals surface area contributed by atoms with E-state index in [-0.39, 0.29) is 17.8 Å². The van der Waals surface area contributed by atoms with Gasteiger partial charge in [-0.15, -0.1) is 0 Å². The van der Waals surface area contributed by atoms with Crippen LogP contribution in [0, 0.1) is 5.82 Å². The third kappa shape index (κ3) is 3.69. The van der Waals surface area contributed by atoms with Crippen molar-refractivity contribution >= 4 is 11.9 Å². The Morgan fingerprint density at radius 3 is 2.65 bits per heavy atom. The van der Waals surface area contributed by atoms with E-state index in [1.54, 1.807) is 18.3 Å². The Bertz CT molecular complexity index is 776. The zero-order chi connectivity index (χ0) is 18.7. The number of carbonyl (C=O) groups is 1. The molecule has 1 aliphatic heterocycles. The van der Waals surface area contributed by atoms with E-state index in [1.165, 1.54) is 12.1 Å². The number of nitrogens with zero attached hydrogens (tertiary/aromatic N) is 4. The Morgan fingerprint density at radius 1 is 1.27 bits per heavy atom. The van der Waals surface area contributed by atoms with Crippen molar-refractivity contribution in [2.75, 3.05) is 25.5 Å². The smallest absolute Gasteiger partial charge is 0.225 e. The highest BCUT2D eigenvalue weighted by atomic mass is 19.1. The van der Waals surface area contributed by atoms with Gasteiger partial charge in [0.1, 0.15) is 5.82 Å². The molecule has 1 unspecified atom stereocenters. The average molecular weight is 356 g/mol. The van der Waals surface area contributed by atoms with Gasteiger partial charge in [0.15, 0.2) is 0 Å². The van der Waals surface area contributed by atoms with Crippen molar-refractivity contribution < 1.29 is 9.18 Å². The molecule has 0 spiro atoms. The molecule has 138 valence electrons. The van der Waals surface area contributed by atoms with Crippen molar-refractivity contribution in [3.05, 3.63) is 42.0 Å². The zero-order valence-corrected chi connectivity index (χ0v) is 15.6. The van der Waals surface area contributed by atoms with Gasteiger partial charge in [0.2, 0.25) is 11.9 Å². The van der Waals surface area contributed by atoms with Gasteiger partial charge in [0, 0.05) is 38.8 Å². The molecule has 1 fully saturated rings. The molecule has 1 atom stereocenters. The summed E-state index contributed by atoms with van der Waals surface area (Å²) in [7, 11) is 3.79. The molecule has 1 aromatic carbocycles. The van der Waals surface area contributed by atoms with Crippen LogP contribution in [-0.2, 0) is 4.79 Å². The Labute approximate surface area is 153 Å². The lowest BCUT2D eigenvalue weighted by Crippen LogP contribution is -2.38. The van der Waals surface area contributed by atoms with Crippen LogP contribution in [0.5, 0.6) is 0 Å². The summed E-state index contributed by atoms with van der Waals surface area (Å²) in [5.74, 6) is 0.478. The molecule has 1 aliphatic rings. The maximum absolute atomic E-state index is 13.4. The van der Waals surface area contributed by atoms with Crippen LogP contribution in [0.1, 0.15) is 44.3 Å². The first-order valence-electron chi connectivity index (χ1n) is 9.11. The molecule has 1 aromatic heterocycles. The van der Waals surface area contributed by atoms with Crippen LogP contribution in [0.25, 0.3) is 11.1 Å². The second-order valence-electron chi connectivity index (χ2n) is 6.82. The van der Waals surface area contributed by atoms with Gasteiger partial charge in [-0.05, 0) is 37.0 Å². The summed E-state index contributed by atoms with van der Waals surface area (Å²) in [5.41, 5.74) is 2.56. The van der Waals surface area contributed by atoms with Crippen LogP contribution in [0.3, 0.4) is 0 Å². The van der Waals surface area contributed by atoms with E-state index in [0.29, 0.717) is 12.4 Å². The molecule has 6 heteroatoms. The van der Waals surface area contributed by atoms with Gasteiger partial charge in [-0.25, -0.2) is 14.4 Å². The van der Waals surface area contributed by atoms with Crippen molar-refractivity contribution in [2.24, 2.45) is 0 Å². The van der Waals surface area contributed by atoms with Crippen LogP contribution in [0.2, 0.25) is 0 Å². The normalized spacial score (nSPS) is 17.2. The Balaban J connectivity index is 2.11. The lowest BCUT2D eigenvalue weighted by Gasteiger charge is -2.36. The van der Waals surface area contributed by atoms with Gasteiger partial charge in [-0.3, -0.25) is 4.79 Å². The van der Waals surface area contributed by atoms with Gasteiger partial charge in [-0.2, -0.15) is 0 Å². The van der Waals surface area contributed by atoms with E-state index >= 15 is 0 Å². The molecule has 2 aromatic rings. The number of halogens is 1. The second-order valence-corrected chi connectivity index (χ2v) is 6.82. The van der Waals surface area contributed by atoms with E-state index < -0.39 is 0 Å². The lowest BCUT2D eigenvalue weighted by molar-refractivity contribution is -0.134. The molecule has 3 rings (SSSR count). The first kappa shape index (κ1) is 18.3. The maximum Gasteiger partial charge on any atom is 0.225 e. The van der Waals surface area contributed by atoms with Gasteiger partial charge >= 0.3 is 0 Å². The van der Waals surface area contributed by atoms with Crippen LogP contribution < -0.4 is 4.90 Å². The number of carbonyl (C=O) groups excluding carboxylic acids is 1. The van der Waals surface area contributed by atoms with Gasteiger partial charge in [-0.1, -0.05) is 19.1 Å². The fraction of sp³-hybridized carbons (Fsp3) is 0.450. The zero-order valence-electron chi connectivity index (χ0n) is 15.6. The molecule has 1 amide bonds. The standard InChI is InChI=1S/C20H25FN4O/c1-4-18(26)25-12-6-5-7-17(25)19-16(13-22-20(23-19)24(2)3)14-8-10-15(21)11-9-14/h8-11,13,17H,4-7,12H2,1-3H3. The summed E-state index contributed by atoms with van der Waals surface area (Å²) in [6.45, 7) is 2.64. The molecule has 0 aliphatic carbocycles.